The van der Waals surface area contributed by atoms with Gasteiger partial charge in [-0.25, -0.2) is 0 Å². The molecule has 3 nitrogen and oxygen atoms in total. The number of nitrogens with zero attached hydrogens (tertiary/aromatic N) is 1. The number of ether oxygens (including phenoxy) is 1. The van der Waals surface area contributed by atoms with Crippen molar-refractivity contribution in [3.63, 3.8) is 0 Å². The first-order chi connectivity index (χ1) is 7.79. The largest absolute Gasteiger partial charge is 0.491 e. The van der Waals surface area contributed by atoms with Gasteiger partial charge in [0.05, 0.1) is 18.6 Å². The van der Waals surface area contributed by atoms with Crippen molar-refractivity contribution in [1.82, 2.24) is 0 Å². The zero-order chi connectivity index (χ0) is 11.8. The van der Waals surface area contributed by atoms with Crippen LogP contribution in [-0.2, 0) is 0 Å². The third-order valence-electron chi connectivity index (χ3n) is 2.33. The van der Waals surface area contributed by atoms with Gasteiger partial charge in [-0.1, -0.05) is 25.5 Å². The van der Waals surface area contributed by atoms with Crippen LogP contribution in [0.3, 0.4) is 0 Å². The molecule has 0 aliphatic heterocycles. The number of anilines is 1. The van der Waals surface area contributed by atoms with Gasteiger partial charge in [0.1, 0.15) is 5.75 Å². The van der Waals surface area contributed by atoms with E-state index in [4.69, 9.17) is 4.74 Å². The lowest BCUT2D eigenvalue weighted by Crippen LogP contribution is -2.03. The van der Waals surface area contributed by atoms with Crippen LogP contribution in [0.1, 0.15) is 25.3 Å². The molecule has 1 N–H and O–H groups in total. The van der Waals surface area contributed by atoms with Crippen LogP contribution in [-0.4, -0.2) is 20.0 Å². The SMILES string of the molecule is CCCCOc1cccc(C)c1NC=NC. The van der Waals surface area contributed by atoms with Crippen LogP contribution in [0.2, 0.25) is 0 Å². The molecule has 3 heteroatoms. The molecule has 1 aromatic rings. The quantitative estimate of drug-likeness (QED) is 0.453. The molecule has 0 unspecified atom stereocenters. The maximum Gasteiger partial charge on any atom is 0.143 e. The summed E-state index contributed by atoms with van der Waals surface area (Å²) in [6.45, 7) is 4.97. The Morgan fingerprint density at radius 3 is 2.94 bits per heavy atom. The van der Waals surface area contributed by atoms with Gasteiger partial charge in [0.15, 0.2) is 0 Å². The molecule has 0 saturated carbocycles. The highest BCUT2D eigenvalue weighted by Crippen LogP contribution is 2.27. The second-order valence-electron chi connectivity index (χ2n) is 3.68. The number of aryl methyl sites for hydroxylation is 1. The molecule has 0 radical (unpaired) electrons. The van der Waals surface area contributed by atoms with Gasteiger partial charge in [-0.2, -0.15) is 0 Å². The zero-order valence-electron chi connectivity index (χ0n) is 10.3. The molecule has 0 spiro atoms. The number of hydrogen-bond donors (Lipinski definition) is 1. The van der Waals surface area contributed by atoms with Crippen LogP contribution >= 0.6 is 0 Å². The minimum Gasteiger partial charge on any atom is -0.491 e. The number of unbranched alkanes of at least 4 members (excludes halogenated alkanes) is 1. The summed E-state index contributed by atoms with van der Waals surface area (Å²) in [7, 11) is 1.74. The fourth-order valence-corrected chi connectivity index (χ4v) is 1.40. The summed E-state index contributed by atoms with van der Waals surface area (Å²) >= 11 is 0. The number of benzene rings is 1. The highest BCUT2D eigenvalue weighted by Gasteiger charge is 2.04. The molecular formula is C13H20N2O. The zero-order valence-corrected chi connectivity index (χ0v) is 10.3. The molecule has 0 saturated heterocycles. The van der Waals surface area contributed by atoms with Crippen LogP contribution in [0.25, 0.3) is 0 Å². The molecule has 88 valence electrons. The molecule has 0 amide bonds. The van der Waals surface area contributed by atoms with Crippen molar-refractivity contribution in [2.24, 2.45) is 4.99 Å². The Hall–Kier alpha value is -1.51. The van der Waals surface area contributed by atoms with Crippen LogP contribution < -0.4 is 10.1 Å². The van der Waals surface area contributed by atoms with Gasteiger partial charge in [0.25, 0.3) is 0 Å². The van der Waals surface area contributed by atoms with Crippen LogP contribution in [0.4, 0.5) is 5.69 Å². The second kappa shape index (κ2) is 6.88. The molecule has 0 aromatic heterocycles. The minimum atomic E-state index is 0.762. The smallest absolute Gasteiger partial charge is 0.143 e. The highest BCUT2D eigenvalue weighted by atomic mass is 16.5. The van der Waals surface area contributed by atoms with Crippen molar-refractivity contribution in [2.75, 3.05) is 19.0 Å². The van der Waals surface area contributed by atoms with Crippen molar-refractivity contribution < 1.29 is 4.74 Å². The Morgan fingerprint density at radius 2 is 2.25 bits per heavy atom. The monoisotopic (exact) mass is 220 g/mol. The van der Waals surface area contributed by atoms with E-state index in [0.717, 1.165) is 36.4 Å². The summed E-state index contributed by atoms with van der Waals surface area (Å²) < 4.78 is 5.73. The second-order valence-corrected chi connectivity index (χ2v) is 3.68. The maximum absolute atomic E-state index is 5.73. The molecule has 0 bridgehead atoms. The van der Waals surface area contributed by atoms with Gasteiger partial charge in [0, 0.05) is 7.05 Å². The molecule has 0 fully saturated rings. The summed E-state index contributed by atoms with van der Waals surface area (Å²) in [6.07, 6.45) is 3.90. The number of para-hydroxylation sites is 1. The Bertz CT molecular complexity index is 348. The molecule has 16 heavy (non-hydrogen) atoms. The summed E-state index contributed by atoms with van der Waals surface area (Å²) in [4.78, 5) is 3.92. The van der Waals surface area contributed by atoms with E-state index in [1.165, 1.54) is 0 Å². The molecular weight excluding hydrogens is 200 g/mol. The molecule has 0 aliphatic rings. The van der Waals surface area contributed by atoms with Gasteiger partial charge < -0.3 is 10.1 Å². The van der Waals surface area contributed by atoms with E-state index in [1.54, 1.807) is 13.4 Å². The fourth-order valence-electron chi connectivity index (χ4n) is 1.40. The Kier molecular flexibility index (Phi) is 5.40. The standard InChI is InChI=1S/C13H20N2O/c1-4-5-9-16-12-8-6-7-11(2)13(12)15-10-14-3/h6-8,10H,4-5,9H2,1-3H3,(H,14,15). The topological polar surface area (TPSA) is 33.6 Å². The fraction of sp³-hybridized carbons (Fsp3) is 0.462. The average Bonchev–Trinajstić information content (AvgIpc) is 2.28. The predicted octanol–water partition coefficient (Wildman–Crippen LogP) is 3.24. The number of hydrogen-bond acceptors (Lipinski definition) is 2. The Balaban J connectivity index is 2.76. The van der Waals surface area contributed by atoms with Crippen LogP contribution in [0.15, 0.2) is 23.2 Å². The molecule has 0 aliphatic carbocycles. The van der Waals surface area contributed by atoms with Crippen molar-refractivity contribution in [3.8, 4) is 5.75 Å². The number of nitrogens with one attached hydrogen (secondary N) is 1. The van der Waals surface area contributed by atoms with Crippen molar-refractivity contribution in [2.45, 2.75) is 26.7 Å². The first-order valence-corrected chi connectivity index (χ1v) is 5.69. The molecule has 1 rings (SSSR count). The lowest BCUT2D eigenvalue weighted by molar-refractivity contribution is 0.311. The molecule has 0 heterocycles. The number of rotatable bonds is 6. The Labute approximate surface area is 97.5 Å². The van der Waals surface area contributed by atoms with E-state index in [9.17, 15) is 0 Å². The van der Waals surface area contributed by atoms with Gasteiger partial charge in [-0.3, -0.25) is 4.99 Å². The average molecular weight is 220 g/mol. The van der Waals surface area contributed by atoms with E-state index in [-0.39, 0.29) is 0 Å². The van der Waals surface area contributed by atoms with Crippen LogP contribution in [0, 0.1) is 6.92 Å². The van der Waals surface area contributed by atoms with Crippen LogP contribution in [0.5, 0.6) is 5.75 Å². The summed E-state index contributed by atoms with van der Waals surface area (Å²) in [5.41, 5.74) is 2.16. The summed E-state index contributed by atoms with van der Waals surface area (Å²) in [6, 6.07) is 6.04. The van der Waals surface area contributed by atoms with E-state index in [0.29, 0.717) is 0 Å². The van der Waals surface area contributed by atoms with E-state index in [2.05, 4.69) is 30.2 Å². The first kappa shape index (κ1) is 12.6. The third-order valence-corrected chi connectivity index (χ3v) is 2.33. The Morgan fingerprint density at radius 1 is 1.44 bits per heavy atom. The minimum absolute atomic E-state index is 0.762. The van der Waals surface area contributed by atoms with E-state index < -0.39 is 0 Å². The summed E-state index contributed by atoms with van der Waals surface area (Å²) in [5, 5.41) is 3.14. The third kappa shape index (κ3) is 3.57. The predicted molar refractivity (Wildman–Crippen MR) is 69.6 cm³/mol. The van der Waals surface area contributed by atoms with Gasteiger partial charge in [-0.15, -0.1) is 0 Å². The van der Waals surface area contributed by atoms with Crippen molar-refractivity contribution in [1.29, 1.82) is 0 Å². The van der Waals surface area contributed by atoms with Gasteiger partial charge in [-0.05, 0) is 25.0 Å². The summed E-state index contributed by atoms with van der Waals surface area (Å²) in [5.74, 6) is 0.897. The van der Waals surface area contributed by atoms with Gasteiger partial charge in [0.2, 0.25) is 0 Å². The lowest BCUT2D eigenvalue weighted by Gasteiger charge is -2.13. The normalized spacial score (nSPS) is 10.7. The van der Waals surface area contributed by atoms with E-state index >= 15 is 0 Å². The lowest BCUT2D eigenvalue weighted by atomic mass is 10.2. The van der Waals surface area contributed by atoms with Crippen molar-refractivity contribution in [3.05, 3.63) is 23.8 Å². The van der Waals surface area contributed by atoms with Gasteiger partial charge >= 0.3 is 0 Å². The highest BCUT2D eigenvalue weighted by molar-refractivity contribution is 5.80. The first-order valence-electron chi connectivity index (χ1n) is 5.69. The molecule has 1 aromatic carbocycles. The van der Waals surface area contributed by atoms with E-state index in [1.807, 2.05) is 12.1 Å². The van der Waals surface area contributed by atoms with Crippen molar-refractivity contribution >= 4 is 12.0 Å². The number of aliphatic imine (C=N–C) groups is 1. The maximum atomic E-state index is 5.73. The molecule has 0 atom stereocenters.